The van der Waals surface area contributed by atoms with Crippen molar-refractivity contribution in [2.24, 2.45) is 0 Å². The van der Waals surface area contributed by atoms with E-state index in [-0.39, 0.29) is 19.3 Å². The lowest BCUT2D eigenvalue weighted by Gasteiger charge is -2.11. The highest BCUT2D eigenvalue weighted by atomic mass is 35.5. The number of halogens is 1. The molecule has 8 heteroatoms. The molecule has 2 N–H and O–H groups in total. The van der Waals surface area contributed by atoms with Crippen LogP contribution in [0, 0.1) is 0 Å². The first kappa shape index (κ1) is 20.1. The third-order valence-corrected chi connectivity index (χ3v) is 4.03. The van der Waals surface area contributed by atoms with Gasteiger partial charge in [0.15, 0.2) is 0 Å². The molecule has 1 aromatic heterocycles. The first-order valence-corrected chi connectivity index (χ1v) is 9.16. The molecule has 3 aromatic rings. The first-order chi connectivity index (χ1) is 13.5. The van der Waals surface area contributed by atoms with Gasteiger partial charge >= 0.3 is 0 Å². The molecule has 148 valence electrons. The van der Waals surface area contributed by atoms with Crippen LogP contribution in [0.4, 0.5) is 0 Å². The van der Waals surface area contributed by atoms with Gasteiger partial charge in [-0.05, 0) is 56.3 Å². The molecule has 3 rings (SSSR count). The van der Waals surface area contributed by atoms with Crippen LogP contribution in [0.1, 0.15) is 13.8 Å². The maximum atomic E-state index is 9.32. The largest absolute Gasteiger partial charge is 0.491 e. The van der Waals surface area contributed by atoms with Crippen molar-refractivity contribution in [3.05, 3.63) is 47.5 Å². The van der Waals surface area contributed by atoms with Gasteiger partial charge in [0.1, 0.15) is 24.2 Å². The van der Waals surface area contributed by atoms with Gasteiger partial charge in [0, 0.05) is 11.1 Å². The zero-order valence-electron chi connectivity index (χ0n) is 15.5. The minimum atomic E-state index is -0.915. The average Bonchev–Trinajstić information content (AvgIpc) is 3.18. The maximum Gasteiger partial charge on any atom is 0.258 e. The monoisotopic (exact) mass is 404 g/mol. The Morgan fingerprint density at radius 2 is 1.82 bits per heavy atom. The van der Waals surface area contributed by atoms with E-state index in [1.54, 1.807) is 36.4 Å². The minimum absolute atomic E-state index is 0.0117. The van der Waals surface area contributed by atoms with Crippen molar-refractivity contribution in [3.8, 4) is 34.3 Å². The number of hydrogen-bond donors (Lipinski definition) is 2. The summed E-state index contributed by atoms with van der Waals surface area (Å²) in [7, 11) is 0. The van der Waals surface area contributed by atoms with E-state index in [0.717, 1.165) is 5.56 Å². The van der Waals surface area contributed by atoms with Gasteiger partial charge in [0.25, 0.3) is 5.89 Å². The number of aliphatic hydroxyl groups excluding tert-OH is 2. The molecule has 0 aliphatic rings. The van der Waals surface area contributed by atoms with Crippen molar-refractivity contribution < 1.29 is 24.2 Å². The van der Waals surface area contributed by atoms with Crippen LogP contribution in [0.5, 0.6) is 11.5 Å². The highest BCUT2D eigenvalue weighted by Gasteiger charge is 2.13. The fourth-order valence-corrected chi connectivity index (χ4v) is 2.61. The van der Waals surface area contributed by atoms with Crippen molar-refractivity contribution in [3.63, 3.8) is 0 Å². The molecule has 0 bridgehead atoms. The van der Waals surface area contributed by atoms with E-state index in [0.29, 0.717) is 33.8 Å². The second-order valence-electron chi connectivity index (χ2n) is 6.41. The van der Waals surface area contributed by atoms with Gasteiger partial charge in [0.05, 0.1) is 17.7 Å². The van der Waals surface area contributed by atoms with Crippen LogP contribution in [0.2, 0.25) is 5.02 Å². The summed E-state index contributed by atoms with van der Waals surface area (Å²) in [5.41, 5.74) is 1.44. The summed E-state index contributed by atoms with van der Waals surface area (Å²) < 4.78 is 16.3. The lowest BCUT2D eigenvalue weighted by Crippen LogP contribution is -2.21. The Bertz CT molecular complexity index is 911. The standard InChI is InChI=1S/C20H21ClN2O5/c1-12(2)27-18-8-5-14(9-17(18)21)19-22-20(28-23-19)13-3-6-16(7-4-13)26-11-15(25)10-24/h3-9,12,15,24-25H,10-11H2,1-2H3/t15-/m0/s1. The summed E-state index contributed by atoms with van der Waals surface area (Å²) in [6.45, 7) is 3.52. The number of ether oxygens (including phenoxy) is 2. The molecule has 0 amide bonds. The predicted molar refractivity (Wildman–Crippen MR) is 105 cm³/mol. The van der Waals surface area contributed by atoms with Crippen LogP contribution in [-0.4, -0.2) is 45.8 Å². The smallest absolute Gasteiger partial charge is 0.258 e. The zero-order valence-corrected chi connectivity index (χ0v) is 16.3. The van der Waals surface area contributed by atoms with Crippen LogP contribution >= 0.6 is 11.6 Å². The summed E-state index contributed by atoms with van der Waals surface area (Å²) >= 11 is 6.27. The molecule has 0 saturated heterocycles. The average molecular weight is 405 g/mol. The normalized spacial score (nSPS) is 12.2. The number of aromatic nitrogens is 2. The van der Waals surface area contributed by atoms with Crippen LogP contribution in [-0.2, 0) is 0 Å². The highest BCUT2D eigenvalue weighted by molar-refractivity contribution is 6.32. The third kappa shape index (κ3) is 5.01. The SMILES string of the molecule is CC(C)Oc1ccc(-c2noc(-c3ccc(OC[C@@H](O)CO)cc3)n2)cc1Cl. The Hall–Kier alpha value is -2.61. The third-order valence-electron chi connectivity index (χ3n) is 3.73. The minimum Gasteiger partial charge on any atom is -0.491 e. The van der Waals surface area contributed by atoms with Crippen molar-refractivity contribution >= 4 is 11.6 Å². The summed E-state index contributed by atoms with van der Waals surface area (Å²) in [5.74, 6) is 1.93. The van der Waals surface area contributed by atoms with Crippen LogP contribution in [0.25, 0.3) is 22.8 Å². The van der Waals surface area contributed by atoms with Gasteiger partial charge in [-0.2, -0.15) is 4.98 Å². The second kappa shape index (κ2) is 9.05. The van der Waals surface area contributed by atoms with E-state index in [2.05, 4.69) is 10.1 Å². The molecule has 0 saturated carbocycles. The zero-order chi connectivity index (χ0) is 20.1. The van der Waals surface area contributed by atoms with Gasteiger partial charge in [-0.3, -0.25) is 0 Å². The summed E-state index contributed by atoms with van der Waals surface area (Å²) in [4.78, 5) is 4.41. The van der Waals surface area contributed by atoms with Crippen molar-refractivity contribution in [2.45, 2.75) is 26.1 Å². The summed E-state index contributed by atoms with van der Waals surface area (Å²) in [6, 6.07) is 12.3. The topological polar surface area (TPSA) is 97.8 Å². The number of benzene rings is 2. The molecule has 0 spiro atoms. The number of hydrogen-bond acceptors (Lipinski definition) is 7. The molecule has 2 aromatic carbocycles. The molecule has 7 nitrogen and oxygen atoms in total. The fraction of sp³-hybridized carbons (Fsp3) is 0.300. The van der Waals surface area contributed by atoms with Gasteiger partial charge in [-0.1, -0.05) is 16.8 Å². The second-order valence-corrected chi connectivity index (χ2v) is 6.81. The molecule has 0 fully saturated rings. The molecular weight excluding hydrogens is 384 g/mol. The van der Waals surface area contributed by atoms with E-state index >= 15 is 0 Å². The van der Waals surface area contributed by atoms with Gasteiger partial charge in [0.2, 0.25) is 5.82 Å². The molecule has 1 heterocycles. The molecule has 0 radical (unpaired) electrons. The molecular formula is C20H21ClN2O5. The number of nitrogens with zero attached hydrogens (tertiary/aromatic N) is 2. The van der Waals surface area contributed by atoms with Crippen molar-refractivity contribution in [2.75, 3.05) is 13.2 Å². The Kier molecular flexibility index (Phi) is 6.51. The van der Waals surface area contributed by atoms with Crippen LogP contribution < -0.4 is 9.47 Å². The fourth-order valence-electron chi connectivity index (χ4n) is 2.39. The number of aliphatic hydroxyl groups is 2. The Labute approximate surface area is 167 Å². The van der Waals surface area contributed by atoms with Gasteiger partial charge < -0.3 is 24.2 Å². The first-order valence-electron chi connectivity index (χ1n) is 8.78. The molecule has 0 unspecified atom stereocenters. The van der Waals surface area contributed by atoms with Gasteiger partial charge in [-0.25, -0.2) is 0 Å². The lowest BCUT2D eigenvalue weighted by atomic mass is 10.2. The van der Waals surface area contributed by atoms with E-state index in [1.807, 2.05) is 19.9 Å². The van der Waals surface area contributed by atoms with E-state index < -0.39 is 6.10 Å². The van der Waals surface area contributed by atoms with Crippen molar-refractivity contribution in [1.29, 1.82) is 0 Å². The molecule has 28 heavy (non-hydrogen) atoms. The van der Waals surface area contributed by atoms with Crippen LogP contribution in [0.15, 0.2) is 47.0 Å². The van der Waals surface area contributed by atoms with Crippen LogP contribution in [0.3, 0.4) is 0 Å². The predicted octanol–water partition coefficient (Wildman–Crippen LogP) is 3.58. The van der Waals surface area contributed by atoms with E-state index in [9.17, 15) is 5.11 Å². The molecule has 0 aliphatic carbocycles. The highest BCUT2D eigenvalue weighted by Crippen LogP contribution is 2.31. The molecule has 0 aliphatic heterocycles. The summed E-state index contributed by atoms with van der Waals surface area (Å²) in [6.07, 6.45) is -0.888. The lowest BCUT2D eigenvalue weighted by molar-refractivity contribution is 0.0536. The quantitative estimate of drug-likeness (QED) is 0.592. The number of rotatable bonds is 8. The summed E-state index contributed by atoms with van der Waals surface area (Å²) in [5, 5.41) is 22.6. The molecule has 1 atom stereocenters. The van der Waals surface area contributed by atoms with E-state index in [4.69, 9.17) is 30.7 Å². The van der Waals surface area contributed by atoms with Crippen molar-refractivity contribution in [1.82, 2.24) is 10.1 Å². The Morgan fingerprint density at radius 3 is 2.46 bits per heavy atom. The van der Waals surface area contributed by atoms with E-state index in [1.165, 1.54) is 0 Å². The maximum absolute atomic E-state index is 9.32. The Morgan fingerprint density at radius 1 is 1.11 bits per heavy atom. The van der Waals surface area contributed by atoms with Gasteiger partial charge in [-0.15, -0.1) is 0 Å². The Balaban J connectivity index is 1.72.